The topological polar surface area (TPSA) is 177 Å². The highest BCUT2D eigenvalue weighted by Gasteiger charge is 2.44. The highest BCUT2D eigenvalue weighted by Crippen LogP contribution is 2.54. The maximum absolute atomic E-state index is 11.0. The van der Waals surface area contributed by atoms with Gasteiger partial charge in [0, 0.05) is 18.1 Å². The molecule has 12 heteroatoms. The molecule has 0 amide bonds. The van der Waals surface area contributed by atoms with E-state index >= 15 is 0 Å². The molecule has 2 aliphatic rings. The molecule has 0 radical (unpaired) electrons. The molecule has 0 aromatic heterocycles. The molecule has 2 aromatic carbocycles. The SMILES string of the molecule is COc1cc([C@H]2c3c(cc(OC)c(O)c3OC)C[C@@H](CO)[C@@H]2CO[C@H]2OC[C@@H](O)[C@H](O)[C@H]2O)cc(OC)c1O. The van der Waals surface area contributed by atoms with Gasteiger partial charge >= 0.3 is 0 Å². The van der Waals surface area contributed by atoms with Crippen LogP contribution in [0.2, 0.25) is 0 Å². The van der Waals surface area contributed by atoms with Crippen LogP contribution >= 0.6 is 0 Å². The zero-order valence-electron chi connectivity index (χ0n) is 22.2. The summed E-state index contributed by atoms with van der Waals surface area (Å²) in [6.07, 6.45) is -5.04. The summed E-state index contributed by atoms with van der Waals surface area (Å²) in [5.74, 6) is -1.16. The van der Waals surface area contributed by atoms with Crippen molar-refractivity contribution in [3.05, 3.63) is 34.9 Å². The molecule has 39 heavy (non-hydrogen) atoms. The normalized spacial score (nSPS) is 28.5. The summed E-state index contributed by atoms with van der Waals surface area (Å²) in [5, 5.41) is 62.3. The largest absolute Gasteiger partial charge is 0.502 e. The second-order valence-electron chi connectivity index (χ2n) is 9.68. The third kappa shape index (κ3) is 5.28. The van der Waals surface area contributed by atoms with Gasteiger partial charge < -0.3 is 59.1 Å². The molecule has 12 nitrogen and oxygen atoms in total. The first kappa shape index (κ1) is 29.0. The Morgan fingerprint density at radius 2 is 1.46 bits per heavy atom. The number of aliphatic hydroxyl groups excluding tert-OH is 4. The molecule has 1 heterocycles. The Kier molecular flexibility index (Phi) is 8.94. The highest BCUT2D eigenvalue weighted by molar-refractivity contribution is 5.64. The number of hydrogen-bond acceptors (Lipinski definition) is 12. The van der Waals surface area contributed by atoms with Crippen molar-refractivity contribution in [1.29, 1.82) is 0 Å². The standard InChI is InChI=1S/C27H36O12/c1-34-17-7-13(8-18(35-2)23(17)31)20-15(10-38-27-25(33)22(30)16(29)11-39-27)14(9-28)5-12-6-19(36-3)24(32)26(37-4)21(12)20/h6-8,14-16,20,22,25,27-33H,5,9-11H2,1-4H3/t14-,15-,16+,20+,22-,25+,27-/m0/s1. The van der Waals surface area contributed by atoms with E-state index < -0.39 is 36.4 Å². The Labute approximate surface area is 225 Å². The van der Waals surface area contributed by atoms with Gasteiger partial charge in [-0.15, -0.1) is 0 Å². The molecule has 1 saturated heterocycles. The smallest absolute Gasteiger partial charge is 0.201 e. The second-order valence-corrected chi connectivity index (χ2v) is 9.68. The lowest BCUT2D eigenvalue weighted by molar-refractivity contribution is -0.274. The van der Waals surface area contributed by atoms with E-state index in [4.69, 9.17) is 28.4 Å². The summed E-state index contributed by atoms with van der Waals surface area (Å²) in [6, 6.07) is 4.96. The lowest BCUT2D eigenvalue weighted by Gasteiger charge is -2.42. The average molecular weight is 553 g/mol. The fraction of sp³-hybridized carbons (Fsp3) is 0.556. The van der Waals surface area contributed by atoms with Crippen molar-refractivity contribution in [2.45, 2.75) is 36.9 Å². The second kappa shape index (κ2) is 12.0. The number of aromatic hydroxyl groups is 2. The minimum Gasteiger partial charge on any atom is -0.502 e. The van der Waals surface area contributed by atoms with Crippen molar-refractivity contribution in [3.8, 4) is 34.5 Å². The lowest BCUT2D eigenvalue weighted by Crippen LogP contribution is -2.54. The predicted molar refractivity (Wildman–Crippen MR) is 136 cm³/mol. The summed E-state index contributed by atoms with van der Waals surface area (Å²) in [5.41, 5.74) is 1.99. The van der Waals surface area contributed by atoms with Crippen molar-refractivity contribution < 1.29 is 59.1 Å². The predicted octanol–water partition coefficient (Wildman–Crippen LogP) is 0.500. The first-order valence-electron chi connectivity index (χ1n) is 12.5. The number of fused-ring (bicyclic) bond motifs is 1. The minimum atomic E-state index is -1.49. The Morgan fingerprint density at radius 3 is 2.03 bits per heavy atom. The maximum Gasteiger partial charge on any atom is 0.201 e. The number of methoxy groups -OCH3 is 4. The fourth-order valence-electron chi connectivity index (χ4n) is 5.55. The van der Waals surface area contributed by atoms with E-state index in [0.29, 0.717) is 17.5 Å². The number of phenolic OH excluding ortho intramolecular Hbond substituents is 2. The summed E-state index contributed by atoms with van der Waals surface area (Å²) in [4.78, 5) is 0. The van der Waals surface area contributed by atoms with E-state index in [0.717, 1.165) is 5.56 Å². The summed E-state index contributed by atoms with van der Waals surface area (Å²) in [6.45, 7) is -0.504. The molecule has 216 valence electrons. The number of ether oxygens (including phenoxy) is 6. The van der Waals surface area contributed by atoms with Gasteiger partial charge in [0.15, 0.2) is 29.3 Å². The number of hydrogen-bond donors (Lipinski definition) is 6. The monoisotopic (exact) mass is 552 g/mol. The third-order valence-corrected chi connectivity index (χ3v) is 7.60. The van der Waals surface area contributed by atoms with Gasteiger partial charge in [0.1, 0.15) is 18.3 Å². The number of benzene rings is 2. The van der Waals surface area contributed by atoms with Crippen LogP contribution in [-0.4, -0.2) is 104 Å². The zero-order chi connectivity index (χ0) is 28.4. The third-order valence-electron chi connectivity index (χ3n) is 7.60. The van der Waals surface area contributed by atoms with Crippen LogP contribution in [0.25, 0.3) is 0 Å². The molecule has 1 aliphatic carbocycles. The highest BCUT2D eigenvalue weighted by atomic mass is 16.7. The van der Waals surface area contributed by atoms with Gasteiger partial charge in [-0.2, -0.15) is 0 Å². The molecule has 2 aromatic rings. The lowest BCUT2D eigenvalue weighted by atomic mass is 9.66. The molecule has 4 rings (SSSR count). The van der Waals surface area contributed by atoms with Crippen LogP contribution < -0.4 is 18.9 Å². The molecular weight excluding hydrogens is 516 g/mol. The van der Waals surface area contributed by atoms with E-state index in [9.17, 15) is 30.6 Å². The Bertz CT molecular complexity index is 1130. The quantitative estimate of drug-likeness (QED) is 0.254. The minimum absolute atomic E-state index is 0.0542. The van der Waals surface area contributed by atoms with Crippen molar-refractivity contribution in [2.24, 2.45) is 11.8 Å². The van der Waals surface area contributed by atoms with Crippen LogP contribution in [0.4, 0.5) is 0 Å². The van der Waals surface area contributed by atoms with Gasteiger partial charge in [0.05, 0.1) is 41.7 Å². The van der Waals surface area contributed by atoms with Gasteiger partial charge in [-0.25, -0.2) is 0 Å². The molecule has 6 N–H and O–H groups in total. The molecule has 0 unspecified atom stereocenters. The van der Waals surface area contributed by atoms with Crippen LogP contribution in [0.5, 0.6) is 34.5 Å². The van der Waals surface area contributed by atoms with Crippen LogP contribution in [0.1, 0.15) is 22.6 Å². The van der Waals surface area contributed by atoms with E-state index in [-0.39, 0.29) is 60.2 Å². The van der Waals surface area contributed by atoms with Gasteiger partial charge in [0.25, 0.3) is 0 Å². The number of phenols is 2. The summed E-state index contributed by atoms with van der Waals surface area (Å²) >= 11 is 0. The van der Waals surface area contributed by atoms with Gasteiger partial charge in [-0.3, -0.25) is 0 Å². The Hall–Kier alpha value is -3.00. The number of rotatable bonds is 9. The van der Waals surface area contributed by atoms with Crippen LogP contribution in [0.3, 0.4) is 0 Å². The first-order valence-corrected chi connectivity index (χ1v) is 12.5. The van der Waals surface area contributed by atoms with Crippen molar-refractivity contribution in [2.75, 3.05) is 48.3 Å². The van der Waals surface area contributed by atoms with Gasteiger partial charge in [-0.1, -0.05) is 0 Å². The van der Waals surface area contributed by atoms with E-state index in [1.807, 2.05) is 0 Å². The summed E-state index contributed by atoms with van der Waals surface area (Å²) < 4.78 is 33.2. The van der Waals surface area contributed by atoms with Gasteiger partial charge in [-0.05, 0) is 47.6 Å². The average Bonchev–Trinajstić information content (AvgIpc) is 2.94. The Balaban J connectivity index is 1.86. The maximum atomic E-state index is 11.0. The molecular formula is C27H36O12. The Morgan fingerprint density at radius 1 is 0.846 bits per heavy atom. The molecule has 1 aliphatic heterocycles. The van der Waals surface area contributed by atoms with Crippen LogP contribution in [-0.2, 0) is 15.9 Å². The molecule has 7 atom stereocenters. The first-order chi connectivity index (χ1) is 18.7. The molecule has 0 bridgehead atoms. The van der Waals surface area contributed by atoms with Crippen molar-refractivity contribution in [1.82, 2.24) is 0 Å². The molecule has 1 fully saturated rings. The van der Waals surface area contributed by atoms with E-state index in [1.165, 1.54) is 28.4 Å². The molecule has 0 saturated carbocycles. The summed E-state index contributed by atoms with van der Waals surface area (Å²) in [7, 11) is 5.66. The van der Waals surface area contributed by atoms with Gasteiger partial charge in [0.2, 0.25) is 11.5 Å². The zero-order valence-corrected chi connectivity index (χ0v) is 22.2. The van der Waals surface area contributed by atoms with Crippen molar-refractivity contribution >= 4 is 0 Å². The van der Waals surface area contributed by atoms with Crippen molar-refractivity contribution in [3.63, 3.8) is 0 Å². The van der Waals surface area contributed by atoms with E-state index in [1.54, 1.807) is 18.2 Å². The van der Waals surface area contributed by atoms with Crippen LogP contribution in [0, 0.1) is 11.8 Å². The molecule has 0 spiro atoms. The fourth-order valence-corrected chi connectivity index (χ4v) is 5.55. The van der Waals surface area contributed by atoms with Crippen LogP contribution in [0.15, 0.2) is 18.2 Å². The number of aliphatic hydroxyl groups is 4. The van der Waals surface area contributed by atoms with E-state index in [2.05, 4.69) is 0 Å².